The largest absolute Gasteiger partial charge is 0.452 e. The molecule has 27 heavy (non-hydrogen) atoms. The van der Waals surface area contributed by atoms with Crippen LogP contribution in [0.4, 0.5) is 11.4 Å². The van der Waals surface area contributed by atoms with Crippen LogP contribution >= 0.6 is 0 Å². The molecule has 0 aliphatic rings. The maximum absolute atomic E-state index is 6.27. The number of hydrogen-bond acceptors (Lipinski definition) is 3. The fourth-order valence-corrected chi connectivity index (χ4v) is 3.12. The third-order valence-corrected chi connectivity index (χ3v) is 4.38. The number of furan rings is 1. The smallest absolute Gasteiger partial charge is 0.156 e. The molecule has 4 aromatic rings. The van der Waals surface area contributed by atoms with Crippen molar-refractivity contribution in [2.45, 2.75) is 13.8 Å². The van der Waals surface area contributed by atoms with Crippen LogP contribution < -0.4 is 0 Å². The fourth-order valence-electron chi connectivity index (χ4n) is 3.12. The normalized spacial score (nSPS) is 12.5. The molecule has 0 aliphatic carbocycles. The molecule has 0 atom stereocenters. The molecule has 0 saturated heterocycles. The van der Waals surface area contributed by atoms with Gasteiger partial charge in [-0.3, -0.25) is 0 Å². The number of aliphatic imine (C=N–C) groups is 2. The summed E-state index contributed by atoms with van der Waals surface area (Å²) in [5.41, 5.74) is 3.51. The SMILES string of the molecule is C/C(=N\c1ccccc1)c1oc(/C(C)=N/c2ccccc2)c2ccccc12. The van der Waals surface area contributed by atoms with Crippen LogP contribution in [-0.2, 0) is 0 Å². The lowest BCUT2D eigenvalue weighted by atomic mass is 10.1. The standard InChI is InChI=1S/C24H20N2O/c1-17(25-19-11-5-3-6-12-19)23-21-15-9-10-16-22(21)24(27-23)18(2)26-20-13-7-4-8-14-20/h3-16H,1-2H3/b25-17+,26-18+. The van der Waals surface area contributed by atoms with Gasteiger partial charge in [-0.15, -0.1) is 0 Å². The summed E-state index contributed by atoms with van der Waals surface area (Å²) in [6, 6.07) is 28.0. The van der Waals surface area contributed by atoms with Gasteiger partial charge in [-0.2, -0.15) is 0 Å². The first-order valence-electron chi connectivity index (χ1n) is 8.95. The molecule has 0 radical (unpaired) electrons. The number of rotatable bonds is 4. The number of benzene rings is 3. The highest BCUT2D eigenvalue weighted by atomic mass is 16.3. The molecule has 0 saturated carbocycles. The Morgan fingerprint density at radius 3 is 1.33 bits per heavy atom. The topological polar surface area (TPSA) is 37.9 Å². The summed E-state index contributed by atoms with van der Waals surface area (Å²) in [5, 5.41) is 2.10. The van der Waals surface area contributed by atoms with E-state index < -0.39 is 0 Å². The minimum absolute atomic E-state index is 0.784. The molecule has 0 aliphatic heterocycles. The Balaban J connectivity index is 1.82. The van der Waals surface area contributed by atoms with Gasteiger partial charge in [0.15, 0.2) is 11.5 Å². The van der Waals surface area contributed by atoms with Gasteiger partial charge in [0.25, 0.3) is 0 Å². The molecule has 1 aromatic heterocycles. The van der Waals surface area contributed by atoms with Gasteiger partial charge in [-0.25, -0.2) is 9.98 Å². The molecule has 3 aromatic carbocycles. The van der Waals surface area contributed by atoms with Gasteiger partial charge in [-0.1, -0.05) is 60.7 Å². The van der Waals surface area contributed by atoms with Gasteiger partial charge < -0.3 is 4.42 Å². The van der Waals surface area contributed by atoms with Crippen molar-refractivity contribution in [2.75, 3.05) is 0 Å². The van der Waals surface area contributed by atoms with E-state index in [2.05, 4.69) is 12.1 Å². The van der Waals surface area contributed by atoms with Crippen molar-refractivity contribution >= 4 is 33.6 Å². The van der Waals surface area contributed by atoms with Crippen molar-refractivity contribution < 1.29 is 4.42 Å². The van der Waals surface area contributed by atoms with E-state index in [9.17, 15) is 0 Å². The van der Waals surface area contributed by atoms with Crippen LogP contribution in [0.5, 0.6) is 0 Å². The van der Waals surface area contributed by atoms with Gasteiger partial charge in [0, 0.05) is 10.8 Å². The number of nitrogens with zero attached hydrogens (tertiary/aromatic N) is 2. The first-order valence-corrected chi connectivity index (χ1v) is 8.95. The first-order chi connectivity index (χ1) is 13.2. The summed E-state index contributed by atoms with van der Waals surface area (Å²) in [4.78, 5) is 9.44. The number of fused-ring (bicyclic) bond motifs is 1. The zero-order valence-electron chi connectivity index (χ0n) is 15.4. The maximum atomic E-state index is 6.27. The average Bonchev–Trinajstić information content (AvgIpc) is 3.09. The Labute approximate surface area is 158 Å². The molecule has 0 N–H and O–H groups in total. The molecule has 0 spiro atoms. The van der Waals surface area contributed by atoms with E-state index in [4.69, 9.17) is 14.4 Å². The molecule has 132 valence electrons. The molecule has 0 unspecified atom stereocenters. The van der Waals surface area contributed by atoms with Crippen molar-refractivity contribution in [1.82, 2.24) is 0 Å². The Bertz CT molecular complexity index is 1030. The lowest BCUT2D eigenvalue weighted by Crippen LogP contribution is -1.94. The van der Waals surface area contributed by atoms with Gasteiger partial charge in [0.05, 0.1) is 22.8 Å². The van der Waals surface area contributed by atoms with E-state index in [1.165, 1.54) is 0 Å². The monoisotopic (exact) mass is 352 g/mol. The van der Waals surface area contributed by atoms with Crippen LogP contribution in [0.2, 0.25) is 0 Å². The summed E-state index contributed by atoms with van der Waals surface area (Å²) in [6.07, 6.45) is 0. The molecule has 4 rings (SSSR count). The quantitative estimate of drug-likeness (QED) is 0.376. The van der Waals surface area contributed by atoms with Crippen molar-refractivity contribution in [3.05, 3.63) is 96.4 Å². The molecule has 0 bridgehead atoms. The fraction of sp³-hybridized carbons (Fsp3) is 0.0833. The predicted molar refractivity (Wildman–Crippen MR) is 113 cm³/mol. The van der Waals surface area contributed by atoms with Crippen LogP contribution in [0, 0.1) is 0 Å². The van der Waals surface area contributed by atoms with Gasteiger partial charge in [0.2, 0.25) is 0 Å². The van der Waals surface area contributed by atoms with E-state index in [1.54, 1.807) is 0 Å². The Morgan fingerprint density at radius 2 is 0.926 bits per heavy atom. The van der Waals surface area contributed by atoms with E-state index in [1.807, 2.05) is 86.6 Å². The third kappa shape index (κ3) is 3.58. The molecular formula is C24H20N2O. The van der Waals surface area contributed by atoms with Crippen molar-refractivity contribution in [3.63, 3.8) is 0 Å². The lowest BCUT2D eigenvalue weighted by molar-refractivity contribution is 0.553. The van der Waals surface area contributed by atoms with Crippen LogP contribution in [0.3, 0.4) is 0 Å². The van der Waals surface area contributed by atoms with Crippen LogP contribution in [0.25, 0.3) is 10.8 Å². The summed E-state index contributed by atoms with van der Waals surface area (Å²) in [7, 11) is 0. The first kappa shape index (κ1) is 17.0. The summed E-state index contributed by atoms with van der Waals surface area (Å²) < 4.78 is 6.27. The molecule has 0 fully saturated rings. The number of hydrogen-bond donors (Lipinski definition) is 0. The molecular weight excluding hydrogens is 332 g/mol. The van der Waals surface area contributed by atoms with E-state index in [0.717, 1.165) is 45.1 Å². The third-order valence-electron chi connectivity index (χ3n) is 4.38. The van der Waals surface area contributed by atoms with Crippen LogP contribution in [0.1, 0.15) is 25.4 Å². The van der Waals surface area contributed by atoms with Crippen molar-refractivity contribution in [3.8, 4) is 0 Å². The zero-order valence-corrected chi connectivity index (χ0v) is 15.4. The Kier molecular flexibility index (Phi) is 4.67. The van der Waals surface area contributed by atoms with Crippen molar-refractivity contribution in [2.24, 2.45) is 9.98 Å². The molecule has 3 nitrogen and oxygen atoms in total. The minimum Gasteiger partial charge on any atom is -0.452 e. The van der Waals surface area contributed by atoms with E-state index in [-0.39, 0.29) is 0 Å². The second kappa shape index (κ2) is 7.42. The van der Waals surface area contributed by atoms with Crippen LogP contribution in [-0.4, -0.2) is 11.4 Å². The predicted octanol–water partition coefficient (Wildman–Crippen LogP) is 6.71. The maximum Gasteiger partial charge on any atom is 0.156 e. The number of para-hydroxylation sites is 2. The lowest BCUT2D eigenvalue weighted by Gasteiger charge is -1.99. The van der Waals surface area contributed by atoms with Crippen LogP contribution in [0.15, 0.2) is 99.3 Å². The molecule has 3 heteroatoms. The van der Waals surface area contributed by atoms with Gasteiger partial charge in [0.1, 0.15) is 0 Å². The van der Waals surface area contributed by atoms with E-state index >= 15 is 0 Å². The highest BCUT2D eigenvalue weighted by Crippen LogP contribution is 2.29. The Hall–Kier alpha value is -3.46. The average molecular weight is 352 g/mol. The second-order valence-corrected chi connectivity index (χ2v) is 6.37. The highest BCUT2D eigenvalue weighted by molar-refractivity contribution is 6.15. The Morgan fingerprint density at radius 1 is 0.556 bits per heavy atom. The molecule has 1 heterocycles. The summed E-state index contributed by atoms with van der Waals surface area (Å²) >= 11 is 0. The summed E-state index contributed by atoms with van der Waals surface area (Å²) in [6.45, 7) is 3.96. The second-order valence-electron chi connectivity index (χ2n) is 6.37. The molecule has 0 amide bonds. The minimum atomic E-state index is 0.784. The summed E-state index contributed by atoms with van der Waals surface area (Å²) in [5.74, 6) is 1.57. The highest BCUT2D eigenvalue weighted by Gasteiger charge is 2.17. The van der Waals surface area contributed by atoms with Crippen molar-refractivity contribution in [1.29, 1.82) is 0 Å². The van der Waals surface area contributed by atoms with Gasteiger partial charge >= 0.3 is 0 Å². The van der Waals surface area contributed by atoms with Gasteiger partial charge in [-0.05, 0) is 38.1 Å². The zero-order chi connectivity index (χ0) is 18.6. The van der Waals surface area contributed by atoms with E-state index in [0.29, 0.717) is 0 Å².